The number of aromatic nitrogens is 4. The van der Waals surface area contributed by atoms with E-state index in [1.807, 2.05) is 36.4 Å². The van der Waals surface area contributed by atoms with Gasteiger partial charge in [-0.15, -0.1) is 0 Å². The summed E-state index contributed by atoms with van der Waals surface area (Å²) in [4.78, 5) is 15.2. The second-order valence-corrected chi connectivity index (χ2v) is 11.4. The third-order valence-corrected chi connectivity index (χ3v) is 8.35. The lowest BCUT2D eigenvalue weighted by Gasteiger charge is -2.17. The molecule has 0 saturated carbocycles. The Balaban J connectivity index is 1.23. The molecule has 3 heterocycles. The van der Waals surface area contributed by atoms with Crippen LogP contribution < -0.4 is 0 Å². The minimum absolute atomic E-state index is 0.146. The van der Waals surface area contributed by atoms with E-state index in [2.05, 4.69) is 115 Å². The van der Waals surface area contributed by atoms with Crippen LogP contribution in [0.3, 0.4) is 0 Å². The largest absolute Gasteiger partial charge is 0.295 e. The molecule has 8 rings (SSSR count). The molecule has 0 spiro atoms. The second-order valence-electron chi connectivity index (χ2n) is 11.4. The SMILES string of the molecule is CC1(C)c2ccccc2-n2c1nc1cc(-c3cccc(-c4nc(-c5ccccc5)cc(-c5ccccc5)n4)c3)ccc12. The van der Waals surface area contributed by atoms with E-state index in [0.29, 0.717) is 5.82 Å². The Morgan fingerprint density at radius 3 is 1.81 bits per heavy atom. The fourth-order valence-corrected chi connectivity index (χ4v) is 6.17. The van der Waals surface area contributed by atoms with Crippen LogP contribution in [0.1, 0.15) is 25.2 Å². The van der Waals surface area contributed by atoms with E-state index in [0.717, 1.165) is 56.1 Å². The quantitative estimate of drug-likeness (QED) is 0.224. The first-order valence-electron chi connectivity index (χ1n) is 14.3. The third-order valence-electron chi connectivity index (χ3n) is 8.35. The predicted molar refractivity (Wildman–Crippen MR) is 171 cm³/mol. The first kappa shape index (κ1) is 24.4. The molecular formula is C38H28N4. The summed E-state index contributed by atoms with van der Waals surface area (Å²) in [6.45, 7) is 4.52. The molecule has 1 aliphatic heterocycles. The number of imidazole rings is 1. The maximum absolute atomic E-state index is 5.16. The van der Waals surface area contributed by atoms with Gasteiger partial charge < -0.3 is 0 Å². The fourth-order valence-electron chi connectivity index (χ4n) is 6.17. The molecule has 4 nitrogen and oxygen atoms in total. The Morgan fingerprint density at radius 1 is 0.500 bits per heavy atom. The molecule has 0 fully saturated rings. The zero-order chi connectivity index (χ0) is 28.3. The van der Waals surface area contributed by atoms with Crippen molar-refractivity contribution in [1.82, 2.24) is 19.5 Å². The highest BCUT2D eigenvalue weighted by Crippen LogP contribution is 2.44. The van der Waals surface area contributed by atoms with E-state index in [4.69, 9.17) is 15.0 Å². The van der Waals surface area contributed by atoms with Crippen molar-refractivity contribution in [2.24, 2.45) is 0 Å². The molecule has 0 bridgehead atoms. The van der Waals surface area contributed by atoms with Crippen molar-refractivity contribution < 1.29 is 0 Å². The molecule has 0 amide bonds. The molecule has 0 unspecified atom stereocenters. The van der Waals surface area contributed by atoms with Gasteiger partial charge in [0.05, 0.1) is 33.5 Å². The number of fused-ring (bicyclic) bond motifs is 5. The number of nitrogens with zero attached hydrogens (tertiary/aromatic N) is 4. The molecule has 200 valence electrons. The summed E-state index contributed by atoms with van der Waals surface area (Å²) in [5.41, 5.74) is 11.7. The van der Waals surface area contributed by atoms with Gasteiger partial charge in [0.1, 0.15) is 5.82 Å². The van der Waals surface area contributed by atoms with E-state index >= 15 is 0 Å². The maximum atomic E-state index is 5.16. The zero-order valence-corrected chi connectivity index (χ0v) is 23.5. The van der Waals surface area contributed by atoms with Gasteiger partial charge in [-0.25, -0.2) is 15.0 Å². The van der Waals surface area contributed by atoms with Gasteiger partial charge in [-0.05, 0) is 60.9 Å². The van der Waals surface area contributed by atoms with Gasteiger partial charge in [0.2, 0.25) is 0 Å². The average molecular weight is 541 g/mol. The van der Waals surface area contributed by atoms with Gasteiger partial charge in [0.25, 0.3) is 0 Å². The second kappa shape index (κ2) is 9.35. The minimum Gasteiger partial charge on any atom is -0.295 e. The predicted octanol–water partition coefficient (Wildman–Crippen LogP) is 9.12. The average Bonchev–Trinajstić information content (AvgIpc) is 3.54. The standard InChI is InChI=1S/C38H28N4/c1-38(2)30-18-9-10-19-34(30)42-35-21-20-28(23-33(35)41-37(38)42)27-16-11-17-29(22-27)36-39-31(25-12-5-3-6-13-25)24-32(40-36)26-14-7-4-8-15-26/h3-24H,1-2H3. The molecule has 42 heavy (non-hydrogen) atoms. The van der Waals surface area contributed by atoms with Gasteiger partial charge in [-0.3, -0.25) is 4.57 Å². The van der Waals surface area contributed by atoms with Crippen LogP contribution >= 0.6 is 0 Å². The summed E-state index contributed by atoms with van der Waals surface area (Å²) in [6, 6.07) is 46.4. The zero-order valence-electron chi connectivity index (χ0n) is 23.5. The van der Waals surface area contributed by atoms with Crippen LogP contribution in [-0.4, -0.2) is 19.5 Å². The summed E-state index contributed by atoms with van der Waals surface area (Å²) in [6.07, 6.45) is 0. The Bertz CT molecular complexity index is 2050. The summed E-state index contributed by atoms with van der Waals surface area (Å²) >= 11 is 0. The number of hydrogen-bond acceptors (Lipinski definition) is 3. The van der Waals surface area contributed by atoms with Gasteiger partial charge in [-0.2, -0.15) is 0 Å². The highest BCUT2D eigenvalue weighted by atomic mass is 15.1. The maximum Gasteiger partial charge on any atom is 0.160 e. The number of para-hydroxylation sites is 1. The van der Waals surface area contributed by atoms with Crippen molar-refractivity contribution >= 4 is 11.0 Å². The Labute approximate surface area is 245 Å². The highest BCUT2D eigenvalue weighted by Gasteiger charge is 2.38. The van der Waals surface area contributed by atoms with Crippen molar-refractivity contribution in [2.75, 3.05) is 0 Å². The van der Waals surface area contributed by atoms with Crippen molar-refractivity contribution in [3.63, 3.8) is 0 Å². The lowest BCUT2D eigenvalue weighted by molar-refractivity contribution is 0.621. The lowest BCUT2D eigenvalue weighted by Crippen LogP contribution is -2.16. The van der Waals surface area contributed by atoms with Crippen molar-refractivity contribution in [1.29, 1.82) is 0 Å². The topological polar surface area (TPSA) is 43.6 Å². The summed E-state index contributed by atoms with van der Waals surface area (Å²) in [5.74, 6) is 1.79. The first-order valence-corrected chi connectivity index (χ1v) is 14.3. The molecule has 0 radical (unpaired) electrons. The molecule has 0 N–H and O–H groups in total. The van der Waals surface area contributed by atoms with Gasteiger partial charge in [0.15, 0.2) is 5.82 Å². The Hall–Kier alpha value is -5.35. The van der Waals surface area contributed by atoms with Crippen LogP contribution in [0, 0.1) is 0 Å². The van der Waals surface area contributed by atoms with E-state index in [-0.39, 0.29) is 5.41 Å². The first-order chi connectivity index (χ1) is 20.6. The molecule has 0 aliphatic carbocycles. The van der Waals surface area contributed by atoms with Crippen LogP contribution in [0.4, 0.5) is 0 Å². The Morgan fingerprint density at radius 2 is 1.10 bits per heavy atom. The molecule has 4 heteroatoms. The van der Waals surface area contributed by atoms with Crippen LogP contribution in [0.5, 0.6) is 0 Å². The molecular weight excluding hydrogens is 512 g/mol. The van der Waals surface area contributed by atoms with Crippen LogP contribution in [0.2, 0.25) is 0 Å². The summed E-state index contributed by atoms with van der Waals surface area (Å²) < 4.78 is 2.32. The van der Waals surface area contributed by atoms with E-state index < -0.39 is 0 Å². The molecule has 0 saturated heterocycles. The van der Waals surface area contributed by atoms with E-state index in [1.165, 1.54) is 11.3 Å². The van der Waals surface area contributed by atoms with Gasteiger partial charge in [-0.1, -0.05) is 103 Å². The molecule has 0 atom stereocenters. The van der Waals surface area contributed by atoms with E-state index in [9.17, 15) is 0 Å². The van der Waals surface area contributed by atoms with E-state index in [1.54, 1.807) is 0 Å². The van der Waals surface area contributed by atoms with Crippen LogP contribution in [-0.2, 0) is 5.41 Å². The molecule has 7 aromatic rings. The number of rotatable bonds is 4. The molecule has 2 aromatic heterocycles. The van der Waals surface area contributed by atoms with Crippen LogP contribution in [0.25, 0.3) is 61.8 Å². The van der Waals surface area contributed by atoms with Crippen molar-refractivity contribution in [2.45, 2.75) is 19.3 Å². The van der Waals surface area contributed by atoms with Gasteiger partial charge >= 0.3 is 0 Å². The monoisotopic (exact) mass is 540 g/mol. The van der Waals surface area contributed by atoms with Gasteiger partial charge in [0, 0.05) is 16.7 Å². The fraction of sp³-hybridized carbons (Fsp3) is 0.0789. The normalized spacial score (nSPS) is 13.2. The smallest absolute Gasteiger partial charge is 0.160 e. The summed E-state index contributed by atoms with van der Waals surface area (Å²) in [7, 11) is 0. The number of hydrogen-bond donors (Lipinski definition) is 0. The van der Waals surface area contributed by atoms with Crippen molar-refractivity contribution in [3.8, 4) is 50.7 Å². The summed E-state index contributed by atoms with van der Waals surface area (Å²) in [5, 5.41) is 0. The highest BCUT2D eigenvalue weighted by molar-refractivity contribution is 5.86. The number of benzene rings is 5. The molecule has 1 aliphatic rings. The van der Waals surface area contributed by atoms with Crippen LogP contribution in [0.15, 0.2) is 133 Å². The third kappa shape index (κ3) is 3.87. The lowest BCUT2D eigenvalue weighted by atomic mass is 9.86. The Kier molecular flexibility index (Phi) is 5.44. The van der Waals surface area contributed by atoms with Crippen molar-refractivity contribution in [3.05, 3.63) is 145 Å². The minimum atomic E-state index is -0.146. The molecule has 5 aromatic carbocycles.